The second kappa shape index (κ2) is 5.48. The van der Waals surface area contributed by atoms with Crippen LogP contribution in [0.2, 0.25) is 0 Å². The molecule has 2 aromatic rings. The van der Waals surface area contributed by atoms with Gasteiger partial charge in [0.15, 0.2) is 6.10 Å². The van der Waals surface area contributed by atoms with Gasteiger partial charge in [0.2, 0.25) is 0 Å². The minimum Gasteiger partial charge on any atom is -0.489 e. The zero-order chi connectivity index (χ0) is 14.8. The molecule has 4 heteroatoms. The van der Waals surface area contributed by atoms with Crippen molar-refractivity contribution in [3.05, 3.63) is 59.2 Å². The van der Waals surface area contributed by atoms with E-state index in [9.17, 15) is 4.79 Å². The first-order valence-corrected chi connectivity index (χ1v) is 6.83. The van der Waals surface area contributed by atoms with Crippen LogP contribution in [-0.4, -0.2) is 17.2 Å². The highest BCUT2D eigenvalue weighted by atomic mass is 16.5. The highest BCUT2D eigenvalue weighted by Crippen LogP contribution is 2.32. The molecule has 3 rings (SSSR count). The fraction of sp³-hybridized carbons (Fsp3) is 0.235. The Morgan fingerprint density at radius 1 is 1.33 bits per heavy atom. The number of hydrogen-bond donors (Lipinski definition) is 1. The number of carboxylic acids is 1. The molecular weight excluding hydrogens is 268 g/mol. The Balaban J connectivity index is 1.70. The van der Waals surface area contributed by atoms with E-state index < -0.39 is 12.1 Å². The minimum atomic E-state index is -0.937. The average molecular weight is 284 g/mol. The van der Waals surface area contributed by atoms with Crippen molar-refractivity contribution in [1.82, 2.24) is 0 Å². The molecule has 1 unspecified atom stereocenters. The number of aryl methyl sites for hydroxylation is 1. The molecule has 0 bridgehead atoms. The topological polar surface area (TPSA) is 55.8 Å². The molecule has 1 N–H and O–H groups in total. The lowest BCUT2D eigenvalue weighted by molar-refractivity contribution is -0.144. The molecule has 0 saturated heterocycles. The number of fused-ring (bicyclic) bond motifs is 1. The van der Waals surface area contributed by atoms with Crippen LogP contribution in [-0.2, 0) is 17.8 Å². The number of benzene rings is 2. The van der Waals surface area contributed by atoms with Crippen LogP contribution in [0.3, 0.4) is 0 Å². The summed E-state index contributed by atoms with van der Waals surface area (Å²) in [7, 11) is 0. The maximum absolute atomic E-state index is 10.9. The summed E-state index contributed by atoms with van der Waals surface area (Å²) in [5, 5.41) is 8.98. The van der Waals surface area contributed by atoms with Gasteiger partial charge in [0.05, 0.1) is 0 Å². The van der Waals surface area contributed by atoms with Gasteiger partial charge in [-0.25, -0.2) is 4.79 Å². The van der Waals surface area contributed by atoms with Crippen molar-refractivity contribution in [2.24, 2.45) is 0 Å². The average Bonchev–Trinajstić information content (AvgIpc) is 2.90. The van der Waals surface area contributed by atoms with Crippen LogP contribution in [0.4, 0.5) is 0 Å². The van der Waals surface area contributed by atoms with Crippen molar-refractivity contribution in [2.75, 3.05) is 0 Å². The highest BCUT2D eigenvalue weighted by molar-refractivity contribution is 5.74. The molecule has 0 amide bonds. The van der Waals surface area contributed by atoms with E-state index >= 15 is 0 Å². The quantitative estimate of drug-likeness (QED) is 0.937. The van der Waals surface area contributed by atoms with Gasteiger partial charge in [-0.1, -0.05) is 30.3 Å². The van der Waals surface area contributed by atoms with Crippen LogP contribution in [0.25, 0.3) is 0 Å². The Kier molecular flexibility index (Phi) is 3.52. The van der Waals surface area contributed by atoms with E-state index in [0.29, 0.717) is 24.5 Å². The maximum atomic E-state index is 10.9. The molecule has 0 aromatic heterocycles. The van der Waals surface area contributed by atoms with E-state index in [0.717, 1.165) is 11.1 Å². The lowest BCUT2D eigenvalue weighted by Gasteiger charge is -2.10. The number of rotatable bonds is 4. The smallest absolute Gasteiger partial charge is 0.345 e. The van der Waals surface area contributed by atoms with Crippen molar-refractivity contribution in [2.45, 2.75) is 26.1 Å². The Labute approximate surface area is 122 Å². The fourth-order valence-electron chi connectivity index (χ4n) is 2.37. The van der Waals surface area contributed by atoms with E-state index in [1.54, 1.807) is 6.07 Å². The molecule has 0 aliphatic carbocycles. The summed E-state index contributed by atoms with van der Waals surface area (Å²) in [6, 6.07) is 13.5. The van der Waals surface area contributed by atoms with Gasteiger partial charge in [0, 0.05) is 12.5 Å². The SMILES string of the molecule is Cc1ccccc1COc1ccc2c(c1)OC(C(=O)O)C2. The van der Waals surface area contributed by atoms with Crippen LogP contribution in [0.1, 0.15) is 16.7 Å². The summed E-state index contributed by atoms with van der Waals surface area (Å²) >= 11 is 0. The van der Waals surface area contributed by atoms with Crippen molar-refractivity contribution in [3.8, 4) is 11.5 Å². The molecule has 0 spiro atoms. The summed E-state index contributed by atoms with van der Waals surface area (Å²) in [6.07, 6.45) is -0.380. The lowest BCUT2D eigenvalue weighted by atomic mass is 10.1. The summed E-state index contributed by atoms with van der Waals surface area (Å²) < 4.78 is 11.2. The minimum absolute atomic E-state index is 0.405. The van der Waals surface area contributed by atoms with Gasteiger partial charge in [0.25, 0.3) is 0 Å². The van der Waals surface area contributed by atoms with Gasteiger partial charge < -0.3 is 14.6 Å². The highest BCUT2D eigenvalue weighted by Gasteiger charge is 2.28. The van der Waals surface area contributed by atoms with Crippen molar-refractivity contribution >= 4 is 5.97 Å². The van der Waals surface area contributed by atoms with Crippen LogP contribution in [0.5, 0.6) is 11.5 Å². The van der Waals surface area contributed by atoms with Crippen molar-refractivity contribution in [1.29, 1.82) is 0 Å². The molecule has 2 aromatic carbocycles. The number of ether oxygens (including phenoxy) is 2. The molecule has 1 aliphatic rings. The third-order valence-electron chi connectivity index (χ3n) is 3.64. The Morgan fingerprint density at radius 3 is 2.90 bits per heavy atom. The fourth-order valence-corrected chi connectivity index (χ4v) is 2.37. The Hall–Kier alpha value is -2.49. The number of aliphatic carboxylic acids is 1. The molecule has 0 fully saturated rings. The van der Waals surface area contributed by atoms with E-state index in [1.807, 2.05) is 43.3 Å². The van der Waals surface area contributed by atoms with Crippen molar-refractivity contribution < 1.29 is 19.4 Å². The molecule has 108 valence electrons. The summed E-state index contributed by atoms with van der Waals surface area (Å²) in [4.78, 5) is 10.9. The molecular formula is C17H16O4. The molecule has 1 heterocycles. The first-order valence-electron chi connectivity index (χ1n) is 6.83. The summed E-state index contributed by atoms with van der Waals surface area (Å²) in [5.74, 6) is 0.348. The van der Waals surface area contributed by atoms with Gasteiger partial charge in [-0.05, 0) is 29.7 Å². The third-order valence-corrected chi connectivity index (χ3v) is 3.64. The lowest BCUT2D eigenvalue weighted by Crippen LogP contribution is -2.24. The first kappa shape index (κ1) is 13.5. The summed E-state index contributed by atoms with van der Waals surface area (Å²) in [6.45, 7) is 2.52. The molecule has 0 radical (unpaired) electrons. The van der Waals surface area contributed by atoms with E-state index in [1.165, 1.54) is 5.56 Å². The summed E-state index contributed by atoms with van der Waals surface area (Å²) in [5.41, 5.74) is 3.22. The standard InChI is InChI=1S/C17H16O4/c1-11-4-2-3-5-13(11)10-20-14-7-6-12-8-16(17(18)19)21-15(12)9-14/h2-7,9,16H,8,10H2,1H3,(H,18,19). The molecule has 0 saturated carbocycles. The second-order valence-electron chi connectivity index (χ2n) is 5.13. The van der Waals surface area contributed by atoms with E-state index in [4.69, 9.17) is 14.6 Å². The maximum Gasteiger partial charge on any atom is 0.345 e. The zero-order valence-electron chi connectivity index (χ0n) is 11.7. The predicted octanol–water partition coefficient (Wildman–Crippen LogP) is 2.96. The second-order valence-corrected chi connectivity index (χ2v) is 5.13. The first-order chi connectivity index (χ1) is 10.1. The van der Waals surface area contributed by atoms with Crippen LogP contribution in [0.15, 0.2) is 42.5 Å². The van der Waals surface area contributed by atoms with E-state index in [-0.39, 0.29) is 0 Å². The predicted molar refractivity (Wildman–Crippen MR) is 77.7 cm³/mol. The van der Waals surface area contributed by atoms with Crippen LogP contribution in [0, 0.1) is 6.92 Å². The third kappa shape index (κ3) is 2.84. The Morgan fingerprint density at radius 2 is 2.14 bits per heavy atom. The van der Waals surface area contributed by atoms with Gasteiger partial charge in [0.1, 0.15) is 18.1 Å². The normalized spacial score (nSPS) is 16.1. The monoisotopic (exact) mass is 284 g/mol. The number of carboxylic acid groups (broad SMARTS) is 1. The van der Waals surface area contributed by atoms with Gasteiger partial charge >= 0.3 is 5.97 Å². The van der Waals surface area contributed by atoms with Gasteiger partial charge in [-0.2, -0.15) is 0 Å². The zero-order valence-corrected chi connectivity index (χ0v) is 11.7. The largest absolute Gasteiger partial charge is 0.489 e. The molecule has 1 atom stereocenters. The molecule has 1 aliphatic heterocycles. The van der Waals surface area contributed by atoms with Crippen LogP contribution < -0.4 is 9.47 Å². The Bertz CT molecular complexity index is 678. The van der Waals surface area contributed by atoms with Gasteiger partial charge in [-0.3, -0.25) is 0 Å². The number of carbonyl (C=O) groups is 1. The molecule has 21 heavy (non-hydrogen) atoms. The van der Waals surface area contributed by atoms with E-state index in [2.05, 4.69) is 0 Å². The molecule has 4 nitrogen and oxygen atoms in total. The van der Waals surface area contributed by atoms with Crippen LogP contribution >= 0.6 is 0 Å². The number of hydrogen-bond acceptors (Lipinski definition) is 3. The van der Waals surface area contributed by atoms with Gasteiger partial charge in [-0.15, -0.1) is 0 Å². The van der Waals surface area contributed by atoms with Crippen molar-refractivity contribution in [3.63, 3.8) is 0 Å².